The molecule has 10 rings (SSSR count). The van der Waals surface area contributed by atoms with Crippen LogP contribution < -0.4 is 58.5 Å². The highest BCUT2D eigenvalue weighted by molar-refractivity contribution is 8.00. The monoisotopic (exact) mass is 1820 g/mol. The molecule has 37 heteroatoms. The van der Waals surface area contributed by atoms with Gasteiger partial charge < -0.3 is 103 Å². The Kier molecular flexibility index (Phi) is 34.9. The van der Waals surface area contributed by atoms with Gasteiger partial charge in [-0.25, -0.2) is 0 Å². The van der Waals surface area contributed by atoms with E-state index in [0.717, 1.165) is 26.5 Å². The number of benzene rings is 6. The summed E-state index contributed by atoms with van der Waals surface area (Å²) < 4.78 is 0. The Morgan fingerprint density at radius 1 is 0.496 bits per heavy atom. The number of carboxylic acids is 1. The van der Waals surface area contributed by atoms with Crippen LogP contribution in [0.15, 0.2) is 164 Å². The van der Waals surface area contributed by atoms with Crippen LogP contribution in [0.25, 0.3) is 21.8 Å². The molecule has 0 radical (unpaired) electrons. The van der Waals surface area contributed by atoms with Crippen LogP contribution in [-0.4, -0.2) is 265 Å². The van der Waals surface area contributed by atoms with E-state index in [1.807, 2.05) is 19.1 Å². The lowest BCUT2D eigenvalue weighted by molar-refractivity contribution is -0.151. The molecule has 16 N–H and O–H groups in total. The number of aromatic amines is 2. The van der Waals surface area contributed by atoms with Crippen molar-refractivity contribution in [3.63, 3.8) is 0 Å². The first-order valence-corrected chi connectivity index (χ1v) is 44.5. The zero-order valence-electron chi connectivity index (χ0n) is 74.5. The number of para-hydroxylation sites is 2. The summed E-state index contributed by atoms with van der Waals surface area (Å²) in [6, 6.07) is 24.1. The first kappa shape index (κ1) is 99.0. The number of fused-ring (bicyclic) bond motifs is 6. The van der Waals surface area contributed by atoms with E-state index in [1.165, 1.54) is 80.5 Å². The van der Waals surface area contributed by atoms with Crippen LogP contribution in [0.3, 0.4) is 0 Å². The largest absolute Gasteiger partial charge is 0.508 e. The van der Waals surface area contributed by atoms with Gasteiger partial charge in [0.05, 0.1) is 31.0 Å². The number of thioether (sulfide) groups is 1. The predicted octanol–water partition coefficient (Wildman–Crippen LogP) is 2.70. The van der Waals surface area contributed by atoms with Crippen molar-refractivity contribution in [3.8, 4) is 11.5 Å². The van der Waals surface area contributed by atoms with Gasteiger partial charge in [-0.05, 0) is 88.4 Å². The Hall–Kier alpha value is -14.1. The van der Waals surface area contributed by atoms with Crippen LogP contribution in [-0.2, 0) is 115 Å². The highest BCUT2D eigenvalue weighted by Crippen LogP contribution is 2.33. The molecule has 696 valence electrons. The minimum atomic E-state index is -1.91. The standard InChI is InChI=1S/C94H115N17O19S/c1-10-11-30-74-92(128)107(6)49-79(115)100-70(45-82(118)119)88(124)106-83(54(4)5)94(130)109(8)76(40-56-24-16-13-17-25-56)89(125)104-72-41-58-33-36-62(113)44-75(58)111(91(72)127)50-80(116)99-69(42-59-46-96-65-28-20-18-26-63(59)65)87(123)103-68(38-57-31-34-61(112)35-32-57)86(122)102-67(37-53(2)3)85(121)105-73(84(120)98-48-78(95)114)51-131-52-81(117)101-71(39-55-22-14-12-15-23-55)90(126)110(9)77(93(129)108(74)7)43-60-47-97-66-29-21-19-27-64(60)66/h12-29,31-36,44,46-47,53-54,67-74,76-77,83,96-97,112-113H,10-11,30,37-43,45,48-52H2,1-9H3,(H2,95,114)(H,98,120)(H,99,116)(H,100,115)(H,101,117)(H,102,122)(H,103,123)(H,104,125)(H,105,121)(H,106,124)(H,118,119)/t67-,68-,69-,70-,71-,72-,73-,74-,76-,77-,83-/m0/s1. The number of hydrogen-bond donors (Lipinski definition) is 15. The molecule has 2 aliphatic rings. The minimum absolute atomic E-state index is 0.0198. The number of H-pyrrole nitrogens is 2. The number of likely N-dealkylation sites (N-methyl/N-ethyl adjacent to an activating group) is 4. The van der Waals surface area contributed by atoms with Crippen molar-refractivity contribution in [3.05, 3.63) is 197 Å². The van der Waals surface area contributed by atoms with E-state index >= 15 is 47.9 Å². The molecular formula is C94H115N17O19S. The molecule has 36 nitrogen and oxygen atoms in total. The normalized spacial score (nSPS) is 22.1. The SMILES string of the molecule is CCCC[C@H]1C(=O)N(C)CC(=O)N[C@@H](CC(=O)O)C(=O)N[C@@H](C(C)C)C(=O)N(C)[C@@H](Cc2ccccc2)C(=O)N[C@H]2Cc3ccc(O)cc3N(CC(=O)N[C@@H](Cc3c[nH]c4ccccc34)C(=O)N[C@@H](Cc3ccc(O)cc3)C(=O)N[C@@H](CC(C)C)C(=O)N[C@H](C(=O)NCC(N)=O)CSCC(=O)N[C@@H](Cc3ccccc3)C(=O)N(C)[C@@H](Cc3c[nH]c4ccccc34)C(=O)N1C)C2=O. The molecule has 6 aromatic carbocycles. The molecule has 0 unspecified atom stereocenters. The fourth-order valence-corrected chi connectivity index (χ4v) is 16.9. The first-order chi connectivity index (χ1) is 62.4. The second kappa shape index (κ2) is 46.2. The number of aliphatic carboxylic acids is 1. The van der Waals surface area contributed by atoms with E-state index in [4.69, 9.17) is 5.73 Å². The minimum Gasteiger partial charge on any atom is -0.508 e. The van der Waals surface area contributed by atoms with Crippen molar-refractivity contribution in [1.29, 1.82) is 0 Å². The van der Waals surface area contributed by atoms with Crippen LogP contribution >= 0.6 is 11.8 Å². The number of amides is 15. The van der Waals surface area contributed by atoms with E-state index < -0.39 is 205 Å². The third kappa shape index (κ3) is 27.0. The lowest BCUT2D eigenvalue weighted by Gasteiger charge is -2.37. The van der Waals surface area contributed by atoms with Gasteiger partial charge in [0.2, 0.25) is 88.6 Å². The molecule has 0 spiro atoms. The zero-order chi connectivity index (χ0) is 95.0. The Morgan fingerprint density at radius 3 is 1.62 bits per heavy atom. The average molecular weight is 1820 g/mol. The average Bonchev–Trinajstić information content (AvgIpc) is 1.32. The Labute approximate surface area is 761 Å². The summed E-state index contributed by atoms with van der Waals surface area (Å²) in [4.78, 5) is 248. The van der Waals surface area contributed by atoms with Gasteiger partial charge in [0.1, 0.15) is 84.5 Å². The number of primary amides is 1. The summed E-state index contributed by atoms with van der Waals surface area (Å²) in [5.41, 5.74) is 9.76. The summed E-state index contributed by atoms with van der Waals surface area (Å²) in [5, 5.41) is 57.0. The molecule has 131 heavy (non-hydrogen) atoms. The molecule has 0 saturated carbocycles. The molecule has 1 saturated heterocycles. The Morgan fingerprint density at radius 2 is 1.02 bits per heavy atom. The maximum atomic E-state index is 15.8. The quantitative estimate of drug-likeness (QED) is 0.0492. The molecule has 2 bridgehead atoms. The second-order valence-corrected chi connectivity index (χ2v) is 34.8. The van der Waals surface area contributed by atoms with Gasteiger partial charge in [-0.3, -0.25) is 76.7 Å². The zero-order valence-corrected chi connectivity index (χ0v) is 75.3. The van der Waals surface area contributed by atoms with E-state index in [2.05, 4.69) is 57.8 Å². The van der Waals surface area contributed by atoms with Crippen LogP contribution in [0.4, 0.5) is 5.69 Å². The highest BCUT2D eigenvalue weighted by atomic mass is 32.2. The van der Waals surface area contributed by atoms with Crippen LogP contribution in [0.2, 0.25) is 0 Å². The summed E-state index contributed by atoms with van der Waals surface area (Å²) in [7, 11) is 5.30. The number of carbonyl (C=O) groups is 16. The second-order valence-electron chi connectivity index (χ2n) is 33.8. The lowest BCUT2D eigenvalue weighted by atomic mass is 9.95. The van der Waals surface area contributed by atoms with E-state index in [1.54, 1.807) is 137 Å². The van der Waals surface area contributed by atoms with Crippen LogP contribution in [0.5, 0.6) is 11.5 Å². The van der Waals surface area contributed by atoms with Gasteiger partial charge in [-0.1, -0.05) is 163 Å². The van der Waals surface area contributed by atoms with Gasteiger partial charge in [0.15, 0.2) is 0 Å². The number of phenolic OH excluding ortho intramolecular Hbond substituents is 2. The molecule has 15 amide bonds. The highest BCUT2D eigenvalue weighted by Gasteiger charge is 2.44. The number of carbonyl (C=O) groups excluding carboxylic acids is 15. The number of nitrogens with zero attached hydrogens (tertiary/aromatic N) is 5. The van der Waals surface area contributed by atoms with Crippen molar-refractivity contribution in [2.75, 3.05) is 64.2 Å². The number of nitrogens with two attached hydrogens (primary N) is 1. The Balaban J connectivity index is 1.04. The fraction of sp³-hybridized carbons (Fsp3) is 0.404. The van der Waals surface area contributed by atoms with Gasteiger partial charge in [0, 0.05) is 113 Å². The number of phenols is 2. The maximum absolute atomic E-state index is 15.8. The number of hydrogen-bond acceptors (Lipinski definition) is 19. The summed E-state index contributed by atoms with van der Waals surface area (Å²) in [5.74, 6) is -17.8. The smallest absolute Gasteiger partial charge is 0.305 e. The van der Waals surface area contributed by atoms with Crippen LogP contribution in [0, 0.1) is 11.8 Å². The van der Waals surface area contributed by atoms with Crippen LogP contribution in [0.1, 0.15) is 100 Å². The maximum Gasteiger partial charge on any atom is 0.305 e. The van der Waals surface area contributed by atoms with Gasteiger partial charge >= 0.3 is 5.97 Å². The molecule has 2 aliphatic heterocycles. The molecule has 1 fully saturated rings. The number of nitrogens with one attached hydrogen (secondary N) is 11. The van der Waals surface area contributed by atoms with Crippen molar-refractivity contribution in [1.82, 2.24) is 77.4 Å². The molecule has 4 heterocycles. The third-order valence-electron chi connectivity index (χ3n) is 23.1. The summed E-state index contributed by atoms with van der Waals surface area (Å²) in [6.45, 7) is 6.08. The summed E-state index contributed by atoms with van der Waals surface area (Å²) in [6.07, 6.45) is 1.71. The van der Waals surface area contributed by atoms with E-state index in [9.17, 15) is 44.1 Å². The number of anilines is 1. The summed E-state index contributed by atoms with van der Waals surface area (Å²) >= 11 is 0.826. The number of aromatic nitrogens is 2. The van der Waals surface area contributed by atoms with Crippen molar-refractivity contribution >= 4 is 134 Å². The molecule has 11 atom stereocenters. The lowest BCUT2D eigenvalue weighted by Crippen LogP contribution is -2.62. The van der Waals surface area contributed by atoms with Crippen molar-refractivity contribution in [2.45, 2.75) is 172 Å². The fourth-order valence-electron chi connectivity index (χ4n) is 16.0. The van der Waals surface area contributed by atoms with Gasteiger partial charge in [-0.2, -0.15) is 0 Å². The van der Waals surface area contributed by atoms with Gasteiger partial charge in [0.25, 0.3) is 0 Å². The molecule has 0 aliphatic carbocycles. The number of rotatable bonds is 21. The topological polar surface area (TPSA) is 516 Å². The Bertz CT molecular complexity index is 5480. The van der Waals surface area contributed by atoms with Crippen molar-refractivity contribution < 1.29 is 92.0 Å². The van der Waals surface area contributed by atoms with Crippen molar-refractivity contribution in [2.24, 2.45) is 17.6 Å². The molecular weight excluding hydrogens is 1700 g/mol. The molecule has 8 aromatic rings. The molecule has 2 aromatic heterocycles. The van der Waals surface area contributed by atoms with E-state index in [-0.39, 0.29) is 74.5 Å². The number of unbranched alkanes of at least 4 members (excludes halogenated alkanes) is 1. The van der Waals surface area contributed by atoms with Gasteiger partial charge in [-0.15, -0.1) is 11.8 Å². The number of carboxylic acid groups (broad SMARTS) is 1. The van der Waals surface area contributed by atoms with E-state index in [0.29, 0.717) is 68.0 Å². The third-order valence-corrected chi connectivity index (χ3v) is 24.1. The predicted molar refractivity (Wildman–Crippen MR) is 489 cm³/mol. The first-order valence-electron chi connectivity index (χ1n) is 43.3. The number of aromatic hydroxyl groups is 2.